The summed E-state index contributed by atoms with van der Waals surface area (Å²) >= 11 is 5.97. The fourth-order valence-corrected chi connectivity index (χ4v) is 3.03. The molecule has 0 bridgehead atoms. The third-order valence-corrected chi connectivity index (χ3v) is 4.47. The molecule has 0 aliphatic rings. The largest absolute Gasteiger partial charge is 0.455 e. The van der Waals surface area contributed by atoms with Gasteiger partial charge in [-0.3, -0.25) is 14.2 Å². The lowest BCUT2D eigenvalue weighted by atomic mass is 10.2. The zero-order valence-electron chi connectivity index (χ0n) is 15.2. The summed E-state index contributed by atoms with van der Waals surface area (Å²) in [7, 11) is 0. The van der Waals surface area contributed by atoms with Crippen LogP contribution in [0.3, 0.4) is 0 Å². The van der Waals surface area contributed by atoms with Crippen molar-refractivity contribution in [1.29, 1.82) is 0 Å². The highest BCUT2D eigenvalue weighted by Gasteiger charge is 2.12. The number of rotatable bonds is 5. The summed E-state index contributed by atoms with van der Waals surface area (Å²) in [6.45, 7) is -0.187. The Balaban J connectivity index is 1.54. The van der Waals surface area contributed by atoms with Crippen molar-refractivity contribution in [3.63, 3.8) is 0 Å². The molecule has 0 saturated carbocycles. The highest BCUT2D eigenvalue weighted by atomic mass is 35.5. The van der Waals surface area contributed by atoms with Crippen LogP contribution in [0.15, 0.2) is 83.9 Å². The SMILES string of the molecule is O=C(Cn1cnc2ccc(Cl)cc2c1=O)Nc1ccccc1Oc1ccccc1. The van der Waals surface area contributed by atoms with Gasteiger partial charge in [-0.05, 0) is 42.5 Å². The number of aromatic nitrogens is 2. The van der Waals surface area contributed by atoms with E-state index in [2.05, 4.69) is 10.3 Å². The number of anilines is 1. The van der Waals surface area contributed by atoms with Crippen LogP contribution in [-0.4, -0.2) is 15.5 Å². The maximum absolute atomic E-state index is 12.6. The zero-order valence-corrected chi connectivity index (χ0v) is 16.0. The zero-order chi connectivity index (χ0) is 20.2. The van der Waals surface area contributed by atoms with Crippen LogP contribution in [0.1, 0.15) is 0 Å². The summed E-state index contributed by atoms with van der Waals surface area (Å²) in [6.07, 6.45) is 1.35. The molecular weight excluding hydrogens is 390 g/mol. The summed E-state index contributed by atoms with van der Waals surface area (Å²) in [6, 6.07) is 21.2. The molecule has 0 unspecified atom stereocenters. The number of hydrogen-bond acceptors (Lipinski definition) is 4. The highest BCUT2D eigenvalue weighted by molar-refractivity contribution is 6.31. The first-order chi connectivity index (χ1) is 14.1. The fourth-order valence-electron chi connectivity index (χ4n) is 2.86. The number of ether oxygens (including phenoxy) is 1. The van der Waals surface area contributed by atoms with E-state index in [1.807, 2.05) is 36.4 Å². The van der Waals surface area contributed by atoms with E-state index < -0.39 is 0 Å². The Kier molecular flexibility index (Phi) is 5.27. The van der Waals surface area contributed by atoms with E-state index in [1.54, 1.807) is 36.4 Å². The second kappa shape index (κ2) is 8.16. The molecule has 0 saturated heterocycles. The van der Waals surface area contributed by atoms with Crippen molar-refractivity contribution in [3.05, 3.63) is 94.5 Å². The molecule has 29 heavy (non-hydrogen) atoms. The quantitative estimate of drug-likeness (QED) is 0.531. The maximum Gasteiger partial charge on any atom is 0.261 e. The number of carbonyl (C=O) groups excluding carboxylic acids is 1. The third-order valence-electron chi connectivity index (χ3n) is 4.23. The van der Waals surface area contributed by atoms with Gasteiger partial charge in [-0.25, -0.2) is 4.98 Å². The number of hydrogen-bond donors (Lipinski definition) is 1. The number of fused-ring (bicyclic) bond motifs is 1. The van der Waals surface area contributed by atoms with Gasteiger partial charge in [-0.15, -0.1) is 0 Å². The summed E-state index contributed by atoms with van der Waals surface area (Å²) in [4.78, 5) is 29.4. The topological polar surface area (TPSA) is 73.2 Å². The Morgan fingerprint density at radius 3 is 2.62 bits per heavy atom. The molecule has 0 spiro atoms. The molecule has 4 aromatic rings. The van der Waals surface area contributed by atoms with Gasteiger partial charge in [0.05, 0.1) is 22.9 Å². The van der Waals surface area contributed by atoms with Crippen molar-refractivity contribution in [2.24, 2.45) is 0 Å². The first-order valence-corrected chi connectivity index (χ1v) is 9.24. The van der Waals surface area contributed by atoms with Crippen LogP contribution in [-0.2, 0) is 11.3 Å². The lowest BCUT2D eigenvalue weighted by Crippen LogP contribution is -2.28. The summed E-state index contributed by atoms with van der Waals surface area (Å²) < 4.78 is 7.09. The molecule has 6 nitrogen and oxygen atoms in total. The average molecular weight is 406 g/mol. The van der Waals surface area contributed by atoms with Crippen LogP contribution in [0.2, 0.25) is 5.02 Å². The van der Waals surface area contributed by atoms with Gasteiger partial charge in [0.1, 0.15) is 12.3 Å². The Morgan fingerprint density at radius 1 is 1.03 bits per heavy atom. The van der Waals surface area contributed by atoms with Crippen LogP contribution in [0.5, 0.6) is 11.5 Å². The van der Waals surface area contributed by atoms with E-state index in [0.717, 1.165) is 0 Å². The minimum Gasteiger partial charge on any atom is -0.455 e. The molecule has 7 heteroatoms. The molecular formula is C22H16ClN3O3. The van der Waals surface area contributed by atoms with Gasteiger partial charge in [-0.1, -0.05) is 41.9 Å². The lowest BCUT2D eigenvalue weighted by Gasteiger charge is -2.13. The van der Waals surface area contributed by atoms with Crippen molar-refractivity contribution in [2.45, 2.75) is 6.54 Å². The van der Waals surface area contributed by atoms with E-state index in [4.69, 9.17) is 16.3 Å². The second-order valence-electron chi connectivity index (χ2n) is 6.30. The predicted molar refractivity (Wildman–Crippen MR) is 113 cm³/mol. The Hall–Kier alpha value is -3.64. The van der Waals surface area contributed by atoms with E-state index in [0.29, 0.717) is 33.1 Å². The van der Waals surface area contributed by atoms with E-state index in [-0.39, 0.29) is 18.0 Å². The lowest BCUT2D eigenvalue weighted by molar-refractivity contribution is -0.116. The smallest absolute Gasteiger partial charge is 0.261 e. The van der Waals surface area contributed by atoms with Crippen molar-refractivity contribution in [2.75, 3.05) is 5.32 Å². The number of nitrogens with zero attached hydrogens (tertiary/aromatic N) is 2. The van der Waals surface area contributed by atoms with Gasteiger partial charge < -0.3 is 10.1 Å². The van der Waals surface area contributed by atoms with Crippen LogP contribution < -0.4 is 15.6 Å². The van der Waals surface area contributed by atoms with Crippen LogP contribution >= 0.6 is 11.6 Å². The van der Waals surface area contributed by atoms with Crippen molar-refractivity contribution in [3.8, 4) is 11.5 Å². The number of benzene rings is 3. The van der Waals surface area contributed by atoms with Crippen LogP contribution in [0, 0.1) is 0 Å². The third kappa shape index (κ3) is 4.28. The number of amides is 1. The van der Waals surface area contributed by atoms with Crippen molar-refractivity contribution in [1.82, 2.24) is 9.55 Å². The van der Waals surface area contributed by atoms with Gasteiger partial charge in [0.2, 0.25) is 5.91 Å². The van der Waals surface area contributed by atoms with E-state index in [1.165, 1.54) is 10.9 Å². The molecule has 1 heterocycles. The number of para-hydroxylation sites is 3. The fraction of sp³-hybridized carbons (Fsp3) is 0.0455. The second-order valence-corrected chi connectivity index (χ2v) is 6.73. The molecule has 0 aliphatic carbocycles. The molecule has 144 valence electrons. The first kappa shape index (κ1) is 18.7. The molecule has 0 atom stereocenters. The molecule has 1 aromatic heterocycles. The molecule has 4 rings (SSSR count). The minimum absolute atomic E-state index is 0.187. The van der Waals surface area contributed by atoms with Gasteiger partial charge in [0.25, 0.3) is 5.56 Å². The van der Waals surface area contributed by atoms with Gasteiger partial charge in [0, 0.05) is 5.02 Å². The van der Waals surface area contributed by atoms with Gasteiger partial charge in [0.15, 0.2) is 5.75 Å². The number of halogens is 1. The maximum atomic E-state index is 12.6. The Labute approximate surface area is 171 Å². The first-order valence-electron chi connectivity index (χ1n) is 8.86. The minimum atomic E-state index is -0.376. The van der Waals surface area contributed by atoms with Crippen LogP contribution in [0.25, 0.3) is 10.9 Å². The van der Waals surface area contributed by atoms with Crippen molar-refractivity contribution >= 4 is 34.1 Å². The monoisotopic (exact) mass is 405 g/mol. The summed E-state index contributed by atoms with van der Waals surface area (Å²) in [5, 5.41) is 3.59. The molecule has 0 radical (unpaired) electrons. The standard InChI is InChI=1S/C22H16ClN3O3/c23-15-10-11-18-17(12-15)22(28)26(14-24-18)13-21(27)25-19-8-4-5-9-20(19)29-16-6-2-1-3-7-16/h1-12,14H,13H2,(H,25,27). The van der Waals surface area contributed by atoms with E-state index >= 15 is 0 Å². The number of nitrogens with one attached hydrogen (secondary N) is 1. The van der Waals surface area contributed by atoms with Gasteiger partial charge >= 0.3 is 0 Å². The Bertz CT molecular complexity index is 1240. The predicted octanol–water partition coefficient (Wildman–Crippen LogP) is 4.48. The summed E-state index contributed by atoms with van der Waals surface area (Å²) in [5.41, 5.74) is 0.699. The van der Waals surface area contributed by atoms with Crippen molar-refractivity contribution < 1.29 is 9.53 Å². The molecule has 0 fully saturated rings. The highest BCUT2D eigenvalue weighted by Crippen LogP contribution is 2.29. The average Bonchev–Trinajstić information content (AvgIpc) is 2.73. The normalized spacial score (nSPS) is 10.7. The van der Waals surface area contributed by atoms with Crippen LogP contribution in [0.4, 0.5) is 5.69 Å². The molecule has 0 aliphatic heterocycles. The van der Waals surface area contributed by atoms with Gasteiger partial charge in [-0.2, -0.15) is 0 Å². The van der Waals surface area contributed by atoms with E-state index in [9.17, 15) is 9.59 Å². The summed E-state index contributed by atoms with van der Waals surface area (Å²) in [5.74, 6) is 0.781. The molecule has 1 amide bonds. The molecule has 3 aromatic carbocycles. The Morgan fingerprint density at radius 2 is 1.79 bits per heavy atom. The number of carbonyl (C=O) groups is 1. The molecule has 1 N–H and O–H groups in total.